The molecule has 3 saturated carbocycles. The Morgan fingerprint density at radius 2 is 0.738 bits per heavy atom. The number of carbonyl (C=O) groups is 6. The van der Waals surface area contributed by atoms with Gasteiger partial charge in [0.1, 0.15) is 24.4 Å². The standard InChI is InChI=1S/C14H10.C13H16F2O8S.C12H16F2O8S.C10H8.2C4H10O.2C3H4F2O5S/c1-2-6-12-10-14-8-4-3-7-13(14)9-11(12)5-1;1-12(2,18)7-5-3-4-6(7)10(16)22-8(4)9(5)23-11(17)13(14,15)24(19,20)21;1-11(2,17)6-4-8(7-3-5(6)9(15)21-7)22-10(16)12(13,14)23(18,19)20;1-2-6-10-8-4-3-7-9(10)5-1;2*1-4(2,3)5;2*1-10-2(6)3(4,5)11(7,8)9/h1-10H;4-9,18H,3H2,1-2H3,(H,19,20,21);5-8,17H,3-4H2,1-2H3,(H,18,19,20);1-8H;2*5H,1-3H3;2*1H3,(H,7,8,9)/p-4. The van der Waals surface area contributed by atoms with Gasteiger partial charge < -0.3 is 67.1 Å². The van der Waals surface area contributed by atoms with Gasteiger partial charge >= 0.3 is 56.8 Å². The molecule has 103 heavy (non-hydrogen) atoms. The Balaban J connectivity index is 0.000000322. The van der Waals surface area contributed by atoms with Crippen LogP contribution >= 0.6 is 0 Å². The summed E-state index contributed by atoms with van der Waals surface area (Å²) >= 11 is 0. The summed E-state index contributed by atoms with van der Waals surface area (Å²) in [6.45, 7) is 16.1. The van der Waals surface area contributed by atoms with Crippen molar-refractivity contribution in [2.24, 2.45) is 35.5 Å². The summed E-state index contributed by atoms with van der Waals surface area (Å²) in [7, 11) is -23.3. The second-order valence-electron chi connectivity index (χ2n) is 26.4. The van der Waals surface area contributed by atoms with Gasteiger partial charge in [-0.25, -0.2) is 52.8 Å². The largest absolute Gasteiger partial charge is 0.743 e. The highest BCUT2D eigenvalue weighted by molar-refractivity contribution is 7.88. The zero-order valence-corrected chi connectivity index (χ0v) is 59.8. The topological polar surface area (TPSA) is 468 Å². The molecule has 5 aromatic rings. The van der Waals surface area contributed by atoms with Crippen LogP contribution in [0.25, 0.3) is 32.3 Å². The molecule has 5 aromatic carbocycles. The fourth-order valence-electron chi connectivity index (χ4n) is 10.8. The molecule has 10 rings (SSSR count). The Labute approximate surface area is 585 Å². The van der Waals surface area contributed by atoms with Crippen molar-refractivity contribution in [2.75, 3.05) is 14.2 Å². The Morgan fingerprint density at radius 3 is 1.02 bits per heavy atom. The molecule has 10 atom stereocenters. The summed E-state index contributed by atoms with van der Waals surface area (Å²) in [6, 6.07) is 38.1. The number of carbonyl (C=O) groups excluding carboxylic acids is 6. The van der Waals surface area contributed by atoms with Crippen LogP contribution in [0.3, 0.4) is 0 Å². The summed E-state index contributed by atoms with van der Waals surface area (Å²) in [5, 5.41) is 24.8. The molecule has 0 aromatic heterocycles. The van der Waals surface area contributed by atoms with E-state index in [0.717, 1.165) is 0 Å². The molecule has 4 bridgehead atoms. The number of esters is 6. The van der Waals surface area contributed by atoms with Crippen LogP contribution in [0.4, 0.5) is 35.1 Å². The summed E-state index contributed by atoms with van der Waals surface area (Å²) in [6.07, 6.45) is -4.50. The van der Waals surface area contributed by atoms with Gasteiger partial charge in [0.05, 0.1) is 48.5 Å². The number of rotatable bonds is 12. The highest BCUT2D eigenvalue weighted by Crippen LogP contribution is 2.61. The third kappa shape index (κ3) is 23.8. The van der Waals surface area contributed by atoms with Crippen molar-refractivity contribution in [3.8, 4) is 0 Å². The van der Waals surface area contributed by atoms with Crippen LogP contribution in [0, 0.1) is 35.5 Å². The number of benzene rings is 5. The van der Waals surface area contributed by atoms with Crippen molar-refractivity contribution < 1.29 is 165 Å². The number of ether oxygens (including phenoxy) is 6. The molecule has 3 aliphatic carbocycles. The first-order valence-corrected chi connectivity index (χ1v) is 35.5. The van der Waals surface area contributed by atoms with Gasteiger partial charge in [0.15, 0.2) is 40.5 Å². The molecule has 0 spiro atoms. The number of hydrogen-bond donors (Lipinski definition) is 4. The fraction of sp³-hybridized carbons (Fsp3) is 0.524. The molecule has 10 unspecified atom stereocenters. The molecular formula is C63H74F8O28S4-4. The van der Waals surface area contributed by atoms with E-state index < -0.39 is 180 Å². The van der Waals surface area contributed by atoms with Gasteiger partial charge in [-0.1, -0.05) is 97.1 Å². The van der Waals surface area contributed by atoms with Gasteiger partial charge in [-0.3, -0.25) is 9.59 Å². The van der Waals surface area contributed by atoms with Crippen LogP contribution in [-0.4, -0.2) is 190 Å². The molecule has 28 nitrogen and oxygen atoms in total. The van der Waals surface area contributed by atoms with Crippen LogP contribution < -0.4 is 0 Å². The Bertz CT molecular complexity index is 4070. The van der Waals surface area contributed by atoms with E-state index in [1.807, 2.05) is 0 Å². The van der Waals surface area contributed by atoms with Gasteiger partial charge in [0.25, 0.3) is 0 Å². The minimum Gasteiger partial charge on any atom is -0.743 e. The molecular weight excluding hydrogens is 1480 g/mol. The van der Waals surface area contributed by atoms with Crippen LogP contribution in [0.2, 0.25) is 0 Å². The van der Waals surface area contributed by atoms with E-state index in [1.54, 1.807) is 41.5 Å². The van der Waals surface area contributed by atoms with E-state index in [-0.39, 0.29) is 12.8 Å². The maximum atomic E-state index is 13.3. The third-order valence-corrected chi connectivity index (χ3v) is 18.2. The van der Waals surface area contributed by atoms with Gasteiger partial charge in [-0.05, 0) is 127 Å². The van der Waals surface area contributed by atoms with E-state index in [4.69, 9.17) is 19.7 Å². The van der Waals surface area contributed by atoms with Crippen molar-refractivity contribution in [1.29, 1.82) is 0 Å². The normalized spacial score (nSPS) is 22.3. The van der Waals surface area contributed by atoms with Crippen molar-refractivity contribution >= 4 is 109 Å². The third-order valence-electron chi connectivity index (χ3n) is 15.1. The van der Waals surface area contributed by atoms with Crippen molar-refractivity contribution in [2.45, 2.75) is 156 Å². The van der Waals surface area contributed by atoms with Gasteiger partial charge in [-0.2, -0.15) is 35.1 Å². The average molecular weight is 1560 g/mol. The van der Waals surface area contributed by atoms with E-state index in [9.17, 15) is 126 Å². The molecule has 0 amide bonds. The predicted molar refractivity (Wildman–Crippen MR) is 339 cm³/mol. The summed E-state index contributed by atoms with van der Waals surface area (Å²) in [5.74, 6) is -14.8. The van der Waals surface area contributed by atoms with E-state index in [2.05, 4.69) is 128 Å². The molecule has 2 heterocycles. The second-order valence-corrected chi connectivity index (χ2v) is 32.1. The number of aliphatic hydroxyl groups is 4. The number of halogens is 8. The minimum absolute atomic E-state index is 0.0428. The summed E-state index contributed by atoms with van der Waals surface area (Å²) < 4.78 is 247. The monoisotopic (exact) mass is 1560 g/mol. The first-order valence-electron chi connectivity index (χ1n) is 29.9. The zero-order chi connectivity index (χ0) is 79.8. The van der Waals surface area contributed by atoms with Crippen molar-refractivity contribution in [1.82, 2.24) is 0 Å². The molecule has 578 valence electrons. The molecule has 5 aliphatic rings. The number of methoxy groups -OCH3 is 2. The van der Waals surface area contributed by atoms with Crippen LogP contribution in [-0.2, 0) is 97.7 Å². The highest BCUT2D eigenvalue weighted by atomic mass is 32.2. The lowest BCUT2D eigenvalue weighted by Gasteiger charge is -2.38. The van der Waals surface area contributed by atoms with Crippen LogP contribution in [0.5, 0.6) is 0 Å². The molecule has 5 fully saturated rings. The minimum atomic E-state index is -6.24. The lowest BCUT2D eigenvalue weighted by atomic mass is 9.71. The fourth-order valence-corrected chi connectivity index (χ4v) is 11.9. The van der Waals surface area contributed by atoms with Crippen LogP contribution in [0.1, 0.15) is 88.5 Å². The Morgan fingerprint density at radius 1 is 0.437 bits per heavy atom. The molecule has 2 saturated heterocycles. The zero-order valence-electron chi connectivity index (χ0n) is 56.5. The second kappa shape index (κ2) is 33.4. The lowest BCUT2D eigenvalue weighted by molar-refractivity contribution is -0.179. The molecule has 2 aliphatic heterocycles. The maximum Gasteiger partial charge on any atom is 0.428 e. The Kier molecular flexibility index (Phi) is 29.1. The SMILES string of the molecule is CC(C)(C)O.CC(C)(C)O.CC(C)(O)C1C2CC3C(OC(=O)C31)C2OC(=O)C(F)(F)S(=O)(=O)[O-].CC(C)(O)C1CC(OC(=O)C(F)(F)S(=O)(=O)[O-])C2CC1C(=O)O2.COC(=O)C(F)(F)S(=O)(=O)[O-].COC(=O)C(F)(F)S(=O)(=O)[O-].c1ccc2cc3ccccc3cc2c1.c1ccc2ccccc2c1. The smallest absolute Gasteiger partial charge is 0.428 e. The quantitative estimate of drug-likeness (QED) is 0.0347. The summed E-state index contributed by atoms with van der Waals surface area (Å²) in [5.41, 5.74) is -3.74. The number of hydrogen-bond acceptors (Lipinski definition) is 28. The maximum absolute atomic E-state index is 13.3. The van der Waals surface area contributed by atoms with Crippen molar-refractivity contribution in [3.63, 3.8) is 0 Å². The lowest BCUT2D eigenvalue weighted by Crippen LogP contribution is -2.50. The van der Waals surface area contributed by atoms with Crippen molar-refractivity contribution in [3.05, 3.63) is 109 Å². The molecule has 40 heteroatoms. The molecule has 0 radical (unpaired) electrons. The highest BCUT2D eigenvalue weighted by Gasteiger charge is 2.71. The molecule has 4 N–H and O–H groups in total. The van der Waals surface area contributed by atoms with E-state index >= 15 is 0 Å². The van der Waals surface area contributed by atoms with E-state index in [0.29, 0.717) is 20.6 Å². The first kappa shape index (κ1) is 89.8. The first-order chi connectivity index (χ1) is 46.4. The number of alkyl halides is 8. The summed E-state index contributed by atoms with van der Waals surface area (Å²) in [4.78, 5) is 66.4. The number of fused-ring (bicyclic) bond motifs is 6. The average Bonchev–Trinajstić information content (AvgIpc) is 1.54. The van der Waals surface area contributed by atoms with Crippen LogP contribution in [0.15, 0.2) is 109 Å². The predicted octanol–water partition coefficient (Wildman–Crippen LogP) is 6.36. The van der Waals surface area contributed by atoms with Gasteiger partial charge in [0.2, 0.25) is 0 Å². The van der Waals surface area contributed by atoms with Gasteiger partial charge in [0, 0.05) is 30.1 Å². The Hall–Kier alpha value is -7.38. The van der Waals surface area contributed by atoms with Gasteiger partial charge in [-0.15, -0.1) is 0 Å². The van der Waals surface area contributed by atoms with E-state index in [1.165, 1.54) is 60.0 Å².